The number of H-pyrrole nitrogens is 1. The molecule has 0 amide bonds. The van der Waals surface area contributed by atoms with Gasteiger partial charge in [0, 0.05) is 5.92 Å². The van der Waals surface area contributed by atoms with Gasteiger partial charge in [0.2, 0.25) is 0 Å². The average molecular weight is 360 g/mol. The maximum Gasteiger partial charge on any atom is 0.264 e. The normalized spacial score (nSPS) is 24.2. The van der Waals surface area contributed by atoms with Crippen LogP contribution in [0.5, 0.6) is 0 Å². The van der Waals surface area contributed by atoms with Gasteiger partial charge in [-0.25, -0.2) is 4.98 Å². The van der Waals surface area contributed by atoms with E-state index in [-0.39, 0.29) is 5.56 Å². The third-order valence-electron chi connectivity index (χ3n) is 4.03. The summed E-state index contributed by atoms with van der Waals surface area (Å²) in [6.45, 7) is 4.32. The molecule has 4 heteroatoms. The maximum atomic E-state index is 11.9. The van der Waals surface area contributed by atoms with E-state index in [1.54, 1.807) is 0 Å². The first-order valence-corrected chi connectivity index (χ1v) is 8.02. The van der Waals surface area contributed by atoms with Crippen molar-refractivity contribution in [2.24, 2.45) is 5.92 Å². The highest BCUT2D eigenvalue weighted by molar-refractivity contribution is 14.1. The monoisotopic (exact) mass is 360 g/mol. The summed E-state index contributed by atoms with van der Waals surface area (Å²) in [6, 6.07) is 0. The van der Waals surface area contributed by atoms with Crippen LogP contribution in [0.15, 0.2) is 4.79 Å². The first-order valence-electron chi connectivity index (χ1n) is 6.94. The van der Waals surface area contributed by atoms with Crippen LogP contribution < -0.4 is 5.56 Å². The Kier molecular flexibility index (Phi) is 4.81. The number of aromatic amines is 1. The summed E-state index contributed by atoms with van der Waals surface area (Å²) >= 11 is 2.10. The van der Waals surface area contributed by atoms with Crippen LogP contribution in [0.3, 0.4) is 0 Å². The lowest BCUT2D eigenvalue weighted by atomic mass is 9.80. The van der Waals surface area contributed by atoms with Crippen molar-refractivity contribution in [3.63, 3.8) is 0 Å². The fraction of sp³-hybridized carbons (Fsp3) is 0.714. The van der Waals surface area contributed by atoms with Gasteiger partial charge in [0.25, 0.3) is 5.56 Å². The molecule has 2 unspecified atom stereocenters. The van der Waals surface area contributed by atoms with Gasteiger partial charge < -0.3 is 4.98 Å². The van der Waals surface area contributed by atoms with Gasteiger partial charge in [-0.3, -0.25) is 4.79 Å². The minimum atomic E-state index is 0.0380. The van der Waals surface area contributed by atoms with Crippen molar-refractivity contribution < 1.29 is 0 Å². The summed E-state index contributed by atoms with van der Waals surface area (Å²) < 4.78 is 0.752. The van der Waals surface area contributed by atoms with Crippen LogP contribution >= 0.6 is 22.6 Å². The van der Waals surface area contributed by atoms with Gasteiger partial charge in [0.1, 0.15) is 5.82 Å². The fourth-order valence-electron chi connectivity index (χ4n) is 2.86. The highest BCUT2D eigenvalue weighted by atomic mass is 127. The van der Waals surface area contributed by atoms with E-state index in [2.05, 4.69) is 46.4 Å². The lowest BCUT2D eigenvalue weighted by molar-refractivity contribution is 0.306. The zero-order valence-electron chi connectivity index (χ0n) is 11.1. The molecule has 0 aromatic carbocycles. The van der Waals surface area contributed by atoms with Crippen LogP contribution in [-0.2, 0) is 6.42 Å². The second kappa shape index (κ2) is 6.17. The van der Waals surface area contributed by atoms with Crippen molar-refractivity contribution in [2.75, 3.05) is 0 Å². The summed E-state index contributed by atoms with van der Waals surface area (Å²) in [4.78, 5) is 19.6. The Balaban J connectivity index is 2.27. The second-order valence-electron chi connectivity index (χ2n) is 5.20. The molecular weight excluding hydrogens is 339 g/mol. The smallest absolute Gasteiger partial charge is 0.264 e. The number of hydrogen-bond acceptors (Lipinski definition) is 2. The van der Waals surface area contributed by atoms with Crippen molar-refractivity contribution in [3.8, 4) is 0 Å². The highest BCUT2D eigenvalue weighted by Crippen LogP contribution is 2.35. The van der Waals surface area contributed by atoms with Gasteiger partial charge in [-0.2, -0.15) is 0 Å². The molecule has 0 radical (unpaired) electrons. The molecular formula is C14H21IN2O. The topological polar surface area (TPSA) is 45.8 Å². The van der Waals surface area contributed by atoms with Crippen LogP contribution in [0.4, 0.5) is 0 Å². The van der Waals surface area contributed by atoms with Gasteiger partial charge in [0.15, 0.2) is 0 Å². The quantitative estimate of drug-likeness (QED) is 0.837. The van der Waals surface area contributed by atoms with Gasteiger partial charge >= 0.3 is 0 Å². The lowest BCUT2D eigenvalue weighted by Crippen LogP contribution is -2.23. The van der Waals surface area contributed by atoms with Gasteiger partial charge in [0.05, 0.1) is 9.26 Å². The van der Waals surface area contributed by atoms with E-state index in [4.69, 9.17) is 0 Å². The molecule has 2 rings (SSSR count). The third-order valence-corrected chi connectivity index (χ3v) is 5.14. The van der Waals surface area contributed by atoms with Crippen molar-refractivity contribution in [1.82, 2.24) is 9.97 Å². The summed E-state index contributed by atoms with van der Waals surface area (Å²) in [5.74, 6) is 2.19. The molecule has 1 fully saturated rings. The van der Waals surface area contributed by atoms with E-state index >= 15 is 0 Å². The molecule has 0 saturated heterocycles. The Bertz CT molecular complexity index is 469. The van der Waals surface area contributed by atoms with E-state index < -0.39 is 0 Å². The summed E-state index contributed by atoms with van der Waals surface area (Å²) in [5.41, 5.74) is 0.990. The minimum Gasteiger partial charge on any atom is -0.309 e. The molecule has 1 aliphatic rings. The number of halogens is 1. The van der Waals surface area contributed by atoms with Gasteiger partial charge in [-0.05, 0) is 47.8 Å². The number of nitrogens with zero attached hydrogens (tertiary/aromatic N) is 1. The molecule has 2 atom stereocenters. The largest absolute Gasteiger partial charge is 0.309 e. The van der Waals surface area contributed by atoms with E-state index in [1.165, 1.54) is 32.1 Å². The fourth-order valence-corrected chi connectivity index (χ4v) is 3.50. The van der Waals surface area contributed by atoms with E-state index in [0.717, 1.165) is 27.4 Å². The Morgan fingerprint density at radius 1 is 1.39 bits per heavy atom. The number of rotatable bonds is 3. The van der Waals surface area contributed by atoms with Gasteiger partial charge in [-0.15, -0.1) is 0 Å². The summed E-state index contributed by atoms with van der Waals surface area (Å²) in [6.07, 6.45) is 7.03. The molecule has 1 aromatic heterocycles. The van der Waals surface area contributed by atoms with Crippen molar-refractivity contribution in [3.05, 3.63) is 25.4 Å². The lowest BCUT2D eigenvalue weighted by Gasteiger charge is -2.27. The Morgan fingerprint density at radius 2 is 2.17 bits per heavy atom. The predicted molar refractivity (Wildman–Crippen MR) is 81.9 cm³/mol. The molecule has 1 heterocycles. The van der Waals surface area contributed by atoms with Gasteiger partial charge in [-0.1, -0.05) is 33.1 Å². The molecule has 1 aromatic rings. The standard InChI is InChI=1S/C14H21IN2O/c1-3-9-6-5-7-10(8-9)13-16-11(4-2)12(15)14(18)17-13/h9-10H,3-8H2,1-2H3,(H,16,17,18). The molecule has 0 aliphatic heterocycles. The SMILES string of the molecule is CCc1nc(C2CCCC(CC)C2)[nH]c(=O)c1I. The molecule has 0 spiro atoms. The molecule has 100 valence electrons. The summed E-state index contributed by atoms with van der Waals surface area (Å²) in [7, 11) is 0. The average Bonchev–Trinajstić information content (AvgIpc) is 2.41. The second-order valence-corrected chi connectivity index (χ2v) is 6.28. The Labute approximate surface area is 122 Å². The number of hydrogen-bond donors (Lipinski definition) is 1. The summed E-state index contributed by atoms with van der Waals surface area (Å²) in [5, 5.41) is 0. The zero-order chi connectivity index (χ0) is 13.1. The van der Waals surface area contributed by atoms with Crippen LogP contribution in [-0.4, -0.2) is 9.97 Å². The molecule has 1 aliphatic carbocycles. The molecule has 0 bridgehead atoms. The zero-order valence-corrected chi connectivity index (χ0v) is 13.3. The molecule has 1 saturated carbocycles. The Hall–Kier alpha value is -0.390. The van der Waals surface area contributed by atoms with E-state index in [9.17, 15) is 4.79 Å². The molecule has 3 nitrogen and oxygen atoms in total. The number of aromatic nitrogens is 2. The highest BCUT2D eigenvalue weighted by Gasteiger charge is 2.24. The minimum absolute atomic E-state index is 0.0380. The molecule has 1 N–H and O–H groups in total. The maximum absolute atomic E-state index is 11.9. The number of nitrogens with one attached hydrogen (secondary N) is 1. The van der Waals surface area contributed by atoms with Crippen molar-refractivity contribution in [1.29, 1.82) is 0 Å². The van der Waals surface area contributed by atoms with Crippen molar-refractivity contribution >= 4 is 22.6 Å². The predicted octanol–water partition coefficient (Wildman–Crippen LogP) is 3.62. The van der Waals surface area contributed by atoms with Crippen LogP contribution in [0, 0.1) is 9.49 Å². The van der Waals surface area contributed by atoms with Crippen LogP contribution in [0.2, 0.25) is 0 Å². The number of aryl methyl sites for hydroxylation is 1. The third kappa shape index (κ3) is 2.95. The Morgan fingerprint density at radius 3 is 2.83 bits per heavy atom. The first-order chi connectivity index (χ1) is 8.65. The van der Waals surface area contributed by atoms with Crippen LogP contribution in [0.25, 0.3) is 0 Å². The first kappa shape index (κ1) is 14.0. The van der Waals surface area contributed by atoms with E-state index in [1.807, 2.05) is 0 Å². The van der Waals surface area contributed by atoms with Crippen molar-refractivity contribution in [2.45, 2.75) is 58.3 Å². The molecule has 18 heavy (non-hydrogen) atoms. The van der Waals surface area contributed by atoms with Crippen LogP contribution in [0.1, 0.15) is 63.4 Å². The van der Waals surface area contributed by atoms with E-state index in [0.29, 0.717) is 5.92 Å².